The van der Waals surface area contributed by atoms with Crippen LogP contribution in [0.4, 0.5) is 23.2 Å². The first kappa shape index (κ1) is 22.4. The third kappa shape index (κ3) is 4.41. The van der Waals surface area contributed by atoms with E-state index in [9.17, 15) is 17.6 Å². The zero-order valence-corrected chi connectivity index (χ0v) is 17.4. The Morgan fingerprint density at radius 3 is 2.39 bits per heavy atom. The average Bonchev–Trinajstić information content (AvgIpc) is 2.57. The Balaban J connectivity index is 2.52. The maximum absolute atomic E-state index is 14.7. The third-order valence-corrected chi connectivity index (χ3v) is 6.36. The van der Waals surface area contributed by atoms with E-state index in [4.69, 9.17) is 11.6 Å². The second kappa shape index (κ2) is 8.25. The molecule has 2 rings (SSSR count). The van der Waals surface area contributed by atoms with Crippen molar-refractivity contribution in [3.63, 3.8) is 0 Å². The molecule has 0 bridgehead atoms. The molecule has 152 valence electrons. The van der Waals surface area contributed by atoms with Crippen LogP contribution >= 0.6 is 23.4 Å². The lowest BCUT2D eigenvalue weighted by Crippen LogP contribution is -2.40. The summed E-state index contributed by atoms with van der Waals surface area (Å²) in [7, 11) is 1.22. The van der Waals surface area contributed by atoms with E-state index < -0.39 is 17.7 Å². The van der Waals surface area contributed by atoms with Gasteiger partial charge in [-0.05, 0) is 31.6 Å². The van der Waals surface area contributed by atoms with Crippen molar-refractivity contribution in [3.05, 3.63) is 71.6 Å². The molecule has 1 unspecified atom stereocenters. The molecule has 0 saturated heterocycles. The molecule has 0 aromatic heterocycles. The van der Waals surface area contributed by atoms with Crippen molar-refractivity contribution in [2.75, 3.05) is 11.9 Å². The van der Waals surface area contributed by atoms with Crippen molar-refractivity contribution in [2.24, 2.45) is 0 Å². The molecule has 1 atom stereocenters. The predicted octanol–water partition coefficient (Wildman–Crippen LogP) is 7.11. The fraction of sp³-hybridized carbons (Fsp3) is 0.300. The lowest BCUT2D eigenvalue weighted by Gasteiger charge is -2.39. The minimum absolute atomic E-state index is 0.0304. The minimum atomic E-state index is -4.58. The topological polar surface area (TPSA) is 6.48 Å². The van der Waals surface area contributed by atoms with Crippen LogP contribution < -0.4 is 4.90 Å². The van der Waals surface area contributed by atoms with Crippen LogP contribution in [0.5, 0.6) is 0 Å². The molecular formula is C20H21ClF4N2S. The Bertz CT molecular complexity index is 860. The molecule has 1 aromatic carbocycles. The van der Waals surface area contributed by atoms with Crippen molar-refractivity contribution >= 4 is 29.1 Å². The highest BCUT2D eigenvalue weighted by molar-refractivity contribution is 8.00. The van der Waals surface area contributed by atoms with E-state index in [0.29, 0.717) is 4.90 Å². The fourth-order valence-corrected chi connectivity index (χ4v) is 4.11. The molecule has 0 amide bonds. The van der Waals surface area contributed by atoms with Crippen LogP contribution in [0.1, 0.15) is 20.3 Å². The largest absolute Gasteiger partial charge is 0.431 e. The van der Waals surface area contributed by atoms with Gasteiger partial charge in [-0.2, -0.15) is 13.2 Å². The van der Waals surface area contributed by atoms with Gasteiger partial charge in [0, 0.05) is 22.9 Å². The molecule has 0 radical (unpaired) electrons. The maximum atomic E-state index is 14.7. The van der Waals surface area contributed by atoms with Gasteiger partial charge in [0.15, 0.2) is 0 Å². The van der Waals surface area contributed by atoms with Gasteiger partial charge in [0.1, 0.15) is 17.3 Å². The fourth-order valence-electron chi connectivity index (χ4n) is 2.81. The van der Waals surface area contributed by atoms with Gasteiger partial charge in [-0.15, -0.1) is 11.8 Å². The van der Waals surface area contributed by atoms with Gasteiger partial charge in [0.25, 0.3) is 0 Å². The monoisotopic (exact) mass is 432 g/mol. The highest BCUT2D eigenvalue weighted by atomic mass is 35.5. The number of allylic oxidation sites excluding steroid dienone is 2. The summed E-state index contributed by atoms with van der Waals surface area (Å²) in [4.78, 5) is 2.70. The SMILES string of the molecule is C=C(C)C(CC)Sc1cc(N2C(=C)C=C(C(F)(F)F)N(C)C2=C)c(F)cc1Cl. The maximum Gasteiger partial charge on any atom is 0.431 e. The second-order valence-electron chi connectivity index (χ2n) is 6.42. The summed E-state index contributed by atoms with van der Waals surface area (Å²) < 4.78 is 54.3. The summed E-state index contributed by atoms with van der Waals surface area (Å²) in [5.41, 5.74) is 0.0112. The number of halogens is 5. The summed E-state index contributed by atoms with van der Waals surface area (Å²) in [6.45, 7) is 15.2. The molecule has 1 aromatic rings. The summed E-state index contributed by atoms with van der Waals surface area (Å²) >= 11 is 7.63. The lowest BCUT2D eigenvalue weighted by atomic mass is 10.1. The molecule has 0 N–H and O–H groups in total. The van der Waals surface area contributed by atoms with Crippen LogP contribution in [0.2, 0.25) is 5.02 Å². The lowest BCUT2D eigenvalue weighted by molar-refractivity contribution is -0.107. The van der Waals surface area contributed by atoms with Crippen molar-refractivity contribution in [3.8, 4) is 0 Å². The normalized spacial score (nSPS) is 16.4. The van der Waals surface area contributed by atoms with Crippen molar-refractivity contribution in [1.82, 2.24) is 4.90 Å². The van der Waals surface area contributed by atoms with Crippen LogP contribution in [0.25, 0.3) is 0 Å². The van der Waals surface area contributed by atoms with Crippen LogP contribution in [0.3, 0.4) is 0 Å². The second-order valence-corrected chi connectivity index (χ2v) is 8.08. The highest BCUT2D eigenvalue weighted by Crippen LogP contribution is 2.43. The first-order valence-electron chi connectivity index (χ1n) is 8.40. The first-order chi connectivity index (χ1) is 12.9. The Kier molecular flexibility index (Phi) is 6.61. The predicted molar refractivity (Wildman–Crippen MR) is 109 cm³/mol. The molecule has 8 heteroatoms. The third-order valence-electron chi connectivity index (χ3n) is 4.32. The molecule has 0 spiro atoms. The van der Waals surface area contributed by atoms with Gasteiger partial charge in [-0.1, -0.05) is 43.8 Å². The van der Waals surface area contributed by atoms with Crippen LogP contribution in [0.15, 0.2) is 65.6 Å². The van der Waals surface area contributed by atoms with Crippen LogP contribution in [-0.2, 0) is 0 Å². The Morgan fingerprint density at radius 2 is 1.89 bits per heavy atom. The van der Waals surface area contributed by atoms with Crippen molar-refractivity contribution in [2.45, 2.75) is 36.6 Å². The quantitative estimate of drug-likeness (QED) is 0.278. The van der Waals surface area contributed by atoms with Crippen LogP contribution in [-0.4, -0.2) is 23.4 Å². The van der Waals surface area contributed by atoms with E-state index >= 15 is 0 Å². The zero-order valence-electron chi connectivity index (χ0n) is 15.8. The number of benzene rings is 1. The number of alkyl halides is 3. The van der Waals surface area contributed by atoms with Gasteiger partial charge in [-0.25, -0.2) is 4.39 Å². The molecule has 2 nitrogen and oxygen atoms in total. The van der Waals surface area contributed by atoms with E-state index in [1.54, 1.807) is 0 Å². The molecule has 0 saturated carbocycles. The number of nitrogens with zero attached hydrogens (tertiary/aromatic N) is 2. The Hall–Kier alpha value is -1.86. The molecule has 0 aliphatic carbocycles. The van der Waals surface area contributed by atoms with E-state index in [1.165, 1.54) is 29.8 Å². The van der Waals surface area contributed by atoms with E-state index in [1.807, 2.05) is 13.8 Å². The zero-order chi connectivity index (χ0) is 21.4. The smallest absolute Gasteiger partial charge is 0.327 e. The standard InChI is InChI=1S/C20H21ClF4N2S/c1-7-17(11(2)3)28-18-10-16(15(22)9-14(18)21)27-12(4)8-19(20(23,24)25)26(6)13(27)5/h8-10,17H,2,4-5,7H2,1,3,6H3. The summed E-state index contributed by atoms with van der Waals surface area (Å²) in [5.74, 6) is -0.749. The number of hydrogen-bond acceptors (Lipinski definition) is 3. The number of thioether (sulfide) groups is 1. The Morgan fingerprint density at radius 1 is 1.29 bits per heavy atom. The summed E-state index contributed by atoms with van der Waals surface area (Å²) in [6.07, 6.45) is -2.92. The molecule has 0 fully saturated rings. The Labute approximate surface area is 171 Å². The molecule has 1 aliphatic rings. The van der Waals surface area contributed by atoms with Gasteiger partial charge in [-0.3, -0.25) is 4.90 Å². The van der Waals surface area contributed by atoms with Crippen molar-refractivity contribution in [1.29, 1.82) is 0 Å². The average molecular weight is 433 g/mol. The number of hydrogen-bond donors (Lipinski definition) is 0. The van der Waals surface area contributed by atoms with Crippen molar-refractivity contribution < 1.29 is 17.6 Å². The molecule has 28 heavy (non-hydrogen) atoms. The van der Waals surface area contributed by atoms with Crippen LogP contribution in [0, 0.1) is 5.82 Å². The number of rotatable bonds is 5. The van der Waals surface area contributed by atoms with E-state index in [-0.39, 0.29) is 27.5 Å². The summed E-state index contributed by atoms with van der Waals surface area (Å²) in [6, 6.07) is 2.65. The number of anilines is 1. The molecule has 1 heterocycles. The molecule has 1 aliphatic heterocycles. The van der Waals surface area contributed by atoms with Gasteiger partial charge in [0.05, 0.1) is 10.7 Å². The molecular weight excluding hydrogens is 412 g/mol. The van der Waals surface area contributed by atoms with Gasteiger partial charge < -0.3 is 4.90 Å². The van der Waals surface area contributed by atoms with E-state index in [2.05, 4.69) is 19.7 Å². The van der Waals surface area contributed by atoms with Gasteiger partial charge in [0.2, 0.25) is 0 Å². The van der Waals surface area contributed by atoms with E-state index in [0.717, 1.165) is 29.0 Å². The van der Waals surface area contributed by atoms with Gasteiger partial charge >= 0.3 is 6.18 Å². The minimum Gasteiger partial charge on any atom is -0.327 e. The highest BCUT2D eigenvalue weighted by Gasteiger charge is 2.41. The summed E-state index contributed by atoms with van der Waals surface area (Å²) in [5, 5.41) is 0.294. The first-order valence-corrected chi connectivity index (χ1v) is 9.65.